The van der Waals surface area contributed by atoms with Crippen LogP contribution in [-0.4, -0.2) is 40.9 Å². The van der Waals surface area contributed by atoms with Crippen molar-refractivity contribution in [3.63, 3.8) is 0 Å². The summed E-state index contributed by atoms with van der Waals surface area (Å²) in [4.78, 5) is 23.3. The Balaban J connectivity index is 2.67. The molecule has 0 saturated heterocycles. The molecular weight excluding hydrogens is 220 g/mol. The molecule has 0 radical (unpaired) electrons. The molecule has 1 atom stereocenters. The summed E-state index contributed by atoms with van der Waals surface area (Å²) in [5, 5.41) is 8.67. The predicted molar refractivity (Wildman–Crippen MR) is 52.2 cm³/mol. The molecule has 6 heteroatoms. The third-order valence-corrected chi connectivity index (χ3v) is 2.87. The highest BCUT2D eigenvalue weighted by Gasteiger charge is 2.35. The number of halogens is 2. The van der Waals surface area contributed by atoms with Crippen LogP contribution in [0.1, 0.15) is 26.2 Å². The summed E-state index contributed by atoms with van der Waals surface area (Å²) in [5.74, 6) is -3.24. The van der Waals surface area contributed by atoms with Gasteiger partial charge in [0.2, 0.25) is 5.91 Å². The minimum atomic E-state index is -2.62. The number of amides is 1. The van der Waals surface area contributed by atoms with Crippen molar-refractivity contribution < 1.29 is 23.5 Å². The summed E-state index contributed by atoms with van der Waals surface area (Å²) in [6, 6.07) is -0.205. The number of alkyl halides is 2. The first kappa shape index (κ1) is 12.9. The Bertz CT molecular complexity index is 279. The van der Waals surface area contributed by atoms with Crippen LogP contribution in [0.25, 0.3) is 0 Å². The first-order valence-electron chi connectivity index (χ1n) is 5.25. The lowest BCUT2D eigenvalue weighted by molar-refractivity contribution is -0.153. The highest BCUT2D eigenvalue weighted by molar-refractivity contribution is 5.96. The van der Waals surface area contributed by atoms with Crippen LogP contribution < -0.4 is 0 Å². The Morgan fingerprint density at radius 3 is 2.31 bits per heavy atom. The van der Waals surface area contributed by atoms with E-state index in [0.29, 0.717) is 12.8 Å². The molecule has 0 spiro atoms. The van der Waals surface area contributed by atoms with Crippen LogP contribution in [0.4, 0.5) is 8.78 Å². The van der Waals surface area contributed by atoms with Gasteiger partial charge in [-0.05, 0) is 26.2 Å². The summed E-state index contributed by atoms with van der Waals surface area (Å²) in [6.07, 6.45) is -0.347. The molecule has 1 aliphatic carbocycles. The van der Waals surface area contributed by atoms with Crippen LogP contribution >= 0.6 is 0 Å². The van der Waals surface area contributed by atoms with Crippen molar-refractivity contribution in [2.75, 3.05) is 6.54 Å². The van der Waals surface area contributed by atoms with E-state index in [0.717, 1.165) is 11.3 Å². The number of carboxylic acid groups (broad SMARTS) is 1. The molecule has 1 amide bonds. The van der Waals surface area contributed by atoms with Crippen molar-refractivity contribution in [2.45, 2.75) is 38.7 Å². The van der Waals surface area contributed by atoms with Gasteiger partial charge in [-0.3, -0.25) is 9.59 Å². The smallest absolute Gasteiger partial charge is 0.315 e. The summed E-state index contributed by atoms with van der Waals surface area (Å²) < 4.78 is 24.6. The normalized spacial score (nSPS) is 18.0. The molecule has 1 N–H and O–H groups in total. The van der Waals surface area contributed by atoms with Gasteiger partial charge in [0.25, 0.3) is 6.43 Å². The minimum absolute atomic E-state index is 0.205. The average Bonchev–Trinajstić information content (AvgIpc) is 2.10. The van der Waals surface area contributed by atoms with Crippen molar-refractivity contribution in [1.29, 1.82) is 0 Å². The lowest BCUT2D eigenvalue weighted by Crippen LogP contribution is -2.49. The van der Waals surface area contributed by atoms with Gasteiger partial charge < -0.3 is 10.0 Å². The Hall–Kier alpha value is -1.20. The van der Waals surface area contributed by atoms with Crippen molar-refractivity contribution in [3.05, 3.63) is 0 Å². The highest BCUT2D eigenvalue weighted by Crippen LogP contribution is 2.26. The lowest BCUT2D eigenvalue weighted by atomic mass is 9.90. The Labute approximate surface area is 92.2 Å². The molecule has 1 unspecified atom stereocenters. The van der Waals surface area contributed by atoms with E-state index in [9.17, 15) is 18.4 Å². The second kappa shape index (κ2) is 5.23. The fourth-order valence-corrected chi connectivity index (χ4v) is 1.62. The molecule has 16 heavy (non-hydrogen) atoms. The summed E-state index contributed by atoms with van der Waals surface area (Å²) in [5.41, 5.74) is 0. The van der Waals surface area contributed by atoms with Gasteiger partial charge in [0.1, 0.15) is 5.92 Å². The average molecular weight is 235 g/mol. The number of carbonyl (C=O) groups is 2. The number of hydrogen-bond donors (Lipinski definition) is 1. The molecule has 4 nitrogen and oxygen atoms in total. The van der Waals surface area contributed by atoms with Crippen LogP contribution in [0, 0.1) is 5.92 Å². The molecular formula is C10H15F2NO3. The van der Waals surface area contributed by atoms with Crippen LogP contribution in [0.3, 0.4) is 0 Å². The van der Waals surface area contributed by atoms with E-state index in [1.807, 2.05) is 0 Å². The maximum absolute atomic E-state index is 12.3. The van der Waals surface area contributed by atoms with Gasteiger partial charge in [-0.1, -0.05) is 0 Å². The maximum Gasteiger partial charge on any atom is 0.315 e. The van der Waals surface area contributed by atoms with Gasteiger partial charge in [0, 0.05) is 6.04 Å². The van der Waals surface area contributed by atoms with E-state index in [1.165, 1.54) is 6.92 Å². The molecule has 0 heterocycles. The minimum Gasteiger partial charge on any atom is -0.481 e. The Kier molecular flexibility index (Phi) is 4.20. The van der Waals surface area contributed by atoms with Gasteiger partial charge >= 0.3 is 5.97 Å². The zero-order valence-corrected chi connectivity index (χ0v) is 9.03. The van der Waals surface area contributed by atoms with Crippen molar-refractivity contribution in [2.24, 2.45) is 5.92 Å². The quantitative estimate of drug-likeness (QED) is 0.732. The molecule has 1 saturated carbocycles. The first-order valence-corrected chi connectivity index (χ1v) is 5.25. The molecule has 92 valence electrons. The number of carbonyl (C=O) groups excluding carboxylic acids is 1. The zero-order valence-electron chi connectivity index (χ0n) is 9.03. The van der Waals surface area contributed by atoms with Gasteiger partial charge in [0.05, 0.1) is 6.54 Å². The summed E-state index contributed by atoms with van der Waals surface area (Å²) in [7, 11) is 0. The lowest BCUT2D eigenvalue weighted by Gasteiger charge is -2.38. The molecule has 0 aromatic rings. The number of carboxylic acids is 1. The van der Waals surface area contributed by atoms with E-state index in [4.69, 9.17) is 5.11 Å². The molecule has 1 aliphatic rings. The van der Waals surface area contributed by atoms with Crippen molar-refractivity contribution >= 4 is 11.9 Å². The SMILES string of the molecule is CC(C(=O)O)C(=O)N(CC(F)F)C1CCC1. The topological polar surface area (TPSA) is 57.6 Å². The second-order valence-electron chi connectivity index (χ2n) is 4.03. The van der Waals surface area contributed by atoms with Gasteiger partial charge in [-0.15, -0.1) is 0 Å². The van der Waals surface area contributed by atoms with Crippen LogP contribution in [-0.2, 0) is 9.59 Å². The van der Waals surface area contributed by atoms with E-state index in [-0.39, 0.29) is 6.04 Å². The molecule has 0 aromatic carbocycles. The van der Waals surface area contributed by atoms with Crippen molar-refractivity contribution in [1.82, 2.24) is 4.90 Å². The van der Waals surface area contributed by atoms with Crippen LogP contribution in [0.2, 0.25) is 0 Å². The van der Waals surface area contributed by atoms with E-state index < -0.39 is 30.8 Å². The molecule has 1 fully saturated rings. The summed E-state index contributed by atoms with van der Waals surface area (Å²) in [6.45, 7) is 0.558. The van der Waals surface area contributed by atoms with Crippen LogP contribution in [0.5, 0.6) is 0 Å². The zero-order chi connectivity index (χ0) is 12.3. The fourth-order valence-electron chi connectivity index (χ4n) is 1.62. The summed E-state index contributed by atoms with van der Waals surface area (Å²) >= 11 is 0. The molecule has 0 bridgehead atoms. The monoisotopic (exact) mass is 235 g/mol. The van der Waals surface area contributed by atoms with Crippen LogP contribution in [0.15, 0.2) is 0 Å². The molecule has 0 aromatic heterocycles. The Morgan fingerprint density at radius 2 is 2.00 bits per heavy atom. The fraction of sp³-hybridized carbons (Fsp3) is 0.800. The third kappa shape index (κ3) is 2.90. The maximum atomic E-state index is 12.3. The number of rotatable bonds is 5. The number of nitrogens with zero attached hydrogens (tertiary/aromatic N) is 1. The first-order chi connectivity index (χ1) is 7.43. The van der Waals surface area contributed by atoms with E-state index in [2.05, 4.69) is 0 Å². The van der Waals surface area contributed by atoms with Gasteiger partial charge in [0.15, 0.2) is 0 Å². The van der Waals surface area contributed by atoms with Crippen molar-refractivity contribution in [3.8, 4) is 0 Å². The van der Waals surface area contributed by atoms with E-state index >= 15 is 0 Å². The number of aliphatic carboxylic acids is 1. The number of hydrogen-bond acceptors (Lipinski definition) is 2. The highest BCUT2D eigenvalue weighted by atomic mass is 19.3. The third-order valence-electron chi connectivity index (χ3n) is 2.87. The largest absolute Gasteiger partial charge is 0.481 e. The van der Waals surface area contributed by atoms with E-state index in [1.54, 1.807) is 0 Å². The Morgan fingerprint density at radius 1 is 1.44 bits per heavy atom. The second-order valence-corrected chi connectivity index (χ2v) is 4.03. The molecule has 0 aliphatic heterocycles. The predicted octanol–water partition coefficient (Wildman–Crippen LogP) is 1.35. The molecule has 1 rings (SSSR count). The van der Waals surface area contributed by atoms with Gasteiger partial charge in [-0.25, -0.2) is 8.78 Å². The standard InChI is InChI=1S/C10H15F2NO3/c1-6(10(15)16)9(14)13(5-8(11)12)7-3-2-4-7/h6-8H,2-5H2,1H3,(H,15,16). The van der Waals surface area contributed by atoms with Gasteiger partial charge in [-0.2, -0.15) is 0 Å².